The van der Waals surface area contributed by atoms with Crippen LogP contribution in [0.3, 0.4) is 0 Å². The zero-order valence-corrected chi connectivity index (χ0v) is 13.9. The van der Waals surface area contributed by atoms with Crippen LogP contribution < -0.4 is 10.6 Å². The van der Waals surface area contributed by atoms with E-state index in [0.29, 0.717) is 25.7 Å². The molecule has 0 unspecified atom stereocenters. The predicted octanol–water partition coefficient (Wildman–Crippen LogP) is 1.82. The van der Waals surface area contributed by atoms with Gasteiger partial charge in [0.2, 0.25) is 0 Å². The van der Waals surface area contributed by atoms with Crippen molar-refractivity contribution in [3.8, 4) is 0 Å². The van der Waals surface area contributed by atoms with E-state index < -0.39 is 5.60 Å². The van der Waals surface area contributed by atoms with Crippen LogP contribution >= 0.6 is 0 Å². The van der Waals surface area contributed by atoms with E-state index in [1.165, 1.54) is 0 Å². The molecule has 0 aliphatic carbocycles. The van der Waals surface area contributed by atoms with Crippen molar-refractivity contribution >= 4 is 12.1 Å². The maximum absolute atomic E-state index is 11.9. The molecule has 0 saturated heterocycles. The van der Waals surface area contributed by atoms with E-state index in [2.05, 4.69) is 15.6 Å². The van der Waals surface area contributed by atoms with Gasteiger partial charge in [0.25, 0.3) is 0 Å². The minimum atomic E-state index is -0.465. The quantitative estimate of drug-likeness (QED) is 0.597. The lowest BCUT2D eigenvalue weighted by molar-refractivity contribution is 0.0264. The molecule has 6 nitrogen and oxygen atoms in total. The highest BCUT2D eigenvalue weighted by molar-refractivity contribution is 5.79. The summed E-state index contributed by atoms with van der Waals surface area (Å²) in [6.07, 6.45) is -0.284. The van der Waals surface area contributed by atoms with Crippen LogP contribution in [-0.4, -0.2) is 55.3 Å². The molecule has 0 atom stereocenters. The van der Waals surface area contributed by atoms with Crippen molar-refractivity contribution in [2.75, 3.05) is 26.7 Å². The maximum Gasteiger partial charge on any atom is 0.410 e. The molecule has 0 fully saturated rings. The summed E-state index contributed by atoms with van der Waals surface area (Å²) >= 11 is 0. The van der Waals surface area contributed by atoms with E-state index in [1.807, 2.05) is 41.5 Å². The third kappa shape index (κ3) is 8.61. The van der Waals surface area contributed by atoms with Crippen molar-refractivity contribution in [2.24, 2.45) is 4.99 Å². The van der Waals surface area contributed by atoms with E-state index in [-0.39, 0.29) is 6.09 Å². The summed E-state index contributed by atoms with van der Waals surface area (Å²) in [6.45, 7) is 13.4. The van der Waals surface area contributed by atoms with Gasteiger partial charge >= 0.3 is 6.09 Å². The van der Waals surface area contributed by atoms with Gasteiger partial charge in [0.15, 0.2) is 5.96 Å². The molecule has 0 rings (SSSR count). The number of guanidine groups is 1. The Morgan fingerprint density at radius 1 is 1.35 bits per heavy atom. The Kier molecular flexibility index (Phi) is 8.03. The molecule has 0 bridgehead atoms. The molecule has 0 aromatic heterocycles. The van der Waals surface area contributed by atoms with Crippen molar-refractivity contribution in [1.82, 2.24) is 15.5 Å². The van der Waals surface area contributed by atoms with Crippen molar-refractivity contribution in [1.29, 1.82) is 0 Å². The zero-order chi connectivity index (χ0) is 15.8. The fourth-order valence-electron chi connectivity index (χ4n) is 1.48. The predicted molar refractivity (Wildman–Crippen MR) is 83.1 cm³/mol. The lowest BCUT2D eigenvalue weighted by atomic mass is 10.2. The number of aliphatic imine (C=N–C) groups is 1. The van der Waals surface area contributed by atoms with Gasteiger partial charge in [0.05, 0.1) is 0 Å². The zero-order valence-electron chi connectivity index (χ0n) is 13.9. The van der Waals surface area contributed by atoms with E-state index in [0.717, 1.165) is 5.96 Å². The van der Waals surface area contributed by atoms with Crippen LogP contribution in [0.2, 0.25) is 0 Å². The SMILES string of the molecule is CCN(CCNC(=NC)NC(C)C)C(=O)OC(C)(C)C. The highest BCUT2D eigenvalue weighted by Crippen LogP contribution is 2.09. The van der Waals surface area contributed by atoms with E-state index in [1.54, 1.807) is 11.9 Å². The average Bonchev–Trinajstić information content (AvgIpc) is 2.30. The minimum absolute atomic E-state index is 0.284. The number of amides is 1. The summed E-state index contributed by atoms with van der Waals surface area (Å²) in [6, 6.07) is 0.314. The first-order chi connectivity index (χ1) is 9.19. The van der Waals surface area contributed by atoms with Crippen LogP contribution in [-0.2, 0) is 4.74 Å². The molecule has 0 aromatic rings. The summed E-state index contributed by atoms with van der Waals surface area (Å²) in [5.41, 5.74) is -0.465. The Bertz CT molecular complexity index is 322. The molecule has 0 saturated carbocycles. The molecular formula is C14H30N4O2. The van der Waals surface area contributed by atoms with Crippen LogP contribution in [0, 0.1) is 0 Å². The summed E-state index contributed by atoms with van der Waals surface area (Å²) in [5, 5.41) is 6.37. The molecule has 0 heterocycles. The number of hydrogen-bond acceptors (Lipinski definition) is 3. The first kappa shape index (κ1) is 18.5. The normalized spacial score (nSPS) is 12.3. The van der Waals surface area contributed by atoms with Gasteiger partial charge in [-0.15, -0.1) is 0 Å². The topological polar surface area (TPSA) is 66.0 Å². The van der Waals surface area contributed by atoms with Crippen molar-refractivity contribution in [3.63, 3.8) is 0 Å². The lowest BCUT2D eigenvalue weighted by Crippen LogP contribution is -2.45. The minimum Gasteiger partial charge on any atom is -0.444 e. The van der Waals surface area contributed by atoms with Crippen molar-refractivity contribution < 1.29 is 9.53 Å². The van der Waals surface area contributed by atoms with Gasteiger partial charge in [-0.25, -0.2) is 4.79 Å². The average molecular weight is 286 g/mol. The van der Waals surface area contributed by atoms with Gasteiger partial charge in [-0.2, -0.15) is 0 Å². The van der Waals surface area contributed by atoms with E-state index in [4.69, 9.17) is 4.74 Å². The second-order valence-electron chi connectivity index (χ2n) is 5.86. The van der Waals surface area contributed by atoms with Crippen molar-refractivity contribution in [3.05, 3.63) is 0 Å². The highest BCUT2D eigenvalue weighted by atomic mass is 16.6. The highest BCUT2D eigenvalue weighted by Gasteiger charge is 2.20. The number of rotatable bonds is 5. The maximum atomic E-state index is 11.9. The Balaban J connectivity index is 4.22. The van der Waals surface area contributed by atoms with Crippen LogP contribution in [0.15, 0.2) is 4.99 Å². The molecule has 6 heteroatoms. The second-order valence-corrected chi connectivity index (χ2v) is 5.86. The smallest absolute Gasteiger partial charge is 0.410 e. The number of nitrogens with zero attached hydrogens (tertiary/aromatic N) is 2. The Labute approximate surface area is 123 Å². The van der Waals surface area contributed by atoms with Crippen LogP contribution in [0.1, 0.15) is 41.5 Å². The molecule has 118 valence electrons. The summed E-state index contributed by atoms with van der Waals surface area (Å²) in [5.74, 6) is 0.736. The van der Waals surface area contributed by atoms with Gasteiger partial charge in [-0.1, -0.05) is 0 Å². The molecule has 2 N–H and O–H groups in total. The van der Waals surface area contributed by atoms with Crippen molar-refractivity contribution in [2.45, 2.75) is 53.2 Å². The van der Waals surface area contributed by atoms with Crippen LogP contribution in [0.25, 0.3) is 0 Å². The molecule has 1 amide bonds. The molecule has 0 spiro atoms. The Hall–Kier alpha value is -1.46. The summed E-state index contributed by atoms with van der Waals surface area (Å²) in [4.78, 5) is 17.7. The molecular weight excluding hydrogens is 256 g/mol. The number of carbonyl (C=O) groups excluding carboxylic acids is 1. The van der Waals surface area contributed by atoms with Crippen LogP contribution in [0.4, 0.5) is 4.79 Å². The summed E-state index contributed by atoms with van der Waals surface area (Å²) in [7, 11) is 1.73. The molecule has 0 aliphatic rings. The first-order valence-electron chi connectivity index (χ1n) is 7.14. The first-order valence-corrected chi connectivity index (χ1v) is 7.14. The van der Waals surface area contributed by atoms with Crippen LogP contribution in [0.5, 0.6) is 0 Å². The number of carbonyl (C=O) groups is 1. The van der Waals surface area contributed by atoms with E-state index in [9.17, 15) is 4.79 Å². The molecule has 20 heavy (non-hydrogen) atoms. The lowest BCUT2D eigenvalue weighted by Gasteiger charge is -2.26. The number of hydrogen-bond donors (Lipinski definition) is 2. The summed E-state index contributed by atoms with van der Waals surface area (Å²) < 4.78 is 5.35. The molecule has 0 radical (unpaired) electrons. The van der Waals surface area contributed by atoms with E-state index >= 15 is 0 Å². The van der Waals surface area contributed by atoms with Gasteiger partial charge in [0, 0.05) is 32.7 Å². The van der Waals surface area contributed by atoms with Gasteiger partial charge in [0.1, 0.15) is 5.60 Å². The Morgan fingerprint density at radius 2 is 1.95 bits per heavy atom. The Morgan fingerprint density at radius 3 is 2.35 bits per heavy atom. The number of nitrogens with one attached hydrogen (secondary N) is 2. The monoisotopic (exact) mass is 286 g/mol. The standard InChI is InChI=1S/C14H30N4O2/c1-8-18(13(19)20-14(4,5)6)10-9-16-12(15-7)17-11(2)3/h11H,8-10H2,1-7H3,(H2,15,16,17). The third-order valence-corrected chi connectivity index (χ3v) is 2.36. The third-order valence-electron chi connectivity index (χ3n) is 2.36. The fraction of sp³-hybridized carbons (Fsp3) is 0.857. The largest absolute Gasteiger partial charge is 0.444 e. The van der Waals surface area contributed by atoms with Gasteiger partial charge in [-0.05, 0) is 41.5 Å². The number of ether oxygens (including phenoxy) is 1. The molecule has 0 aromatic carbocycles. The number of likely N-dealkylation sites (N-methyl/N-ethyl adjacent to an activating group) is 1. The molecule has 0 aliphatic heterocycles. The second kappa shape index (κ2) is 8.66. The van der Waals surface area contributed by atoms with Gasteiger partial charge in [-0.3, -0.25) is 4.99 Å². The fourth-order valence-corrected chi connectivity index (χ4v) is 1.48. The van der Waals surface area contributed by atoms with Gasteiger partial charge < -0.3 is 20.3 Å².